The van der Waals surface area contributed by atoms with Crippen LogP contribution in [-0.4, -0.2) is 12.5 Å². The number of carbonyl (C=O) groups is 1. The minimum atomic E-state index is -0.0726. The van der Waals surface area contributed by atoms with Gasteiger partial charge in [-0.3, -0.25) is 4.79 Å². The van der Waals surface area contributed by atoms with Gasteiger partial charge in [0.05, 0.1) is 10.6 Å². The Morgan fingerprint density at radius 3 is 2.30 bits per heavy atom. The van der Waals surface area contributed by atoms with Gasteiger partial charge < -0.3 is 15.4 Å². The lowest BCUT2D eigenvalue weighted by atomic mass is 10.1. The molecule has 4 rings (SSSR count). The van der Waals surface area contributed by atoms with E-state index < -0.39 is 0 Å². The van der Waals surface area contributed by atoms with Gasteiger partial charge in [-0.05, 0) is 35.7 Å². The summed E-state index contributed by atoms with van der Waals surface area (Å²) in [7, 11) is 0. The third-order valence-corrected chi connectivity index (χ3v) is 5.63. The summed E-state index contributed by atoms with van der Waals surface area (Å²) in [4.78, 5) is 14.0. The normalized spacial score (nSPS) is 11.6. The van der Waals surface area contributed by atoms with E-state index in [-0.39, 0.29) is 11.9 Å². The largest absolute Gasteiger partial charge is 0.455 e. The number of para-hydroxylation sites is 3. The Labute approximate surface area is 180 Å². The quantitative estimate of drug-likeness (QED) is 0.433. The number of ether oxygens (including phenoxy) is 1. The molecule has 0 aliphatic heterocycles. The van der Waals surface area contributed by atoms with Gasteiger partial charge >= 0.3 is 0 Å². The van der Waals surface area contributed by atoms with E-state index in [0.29, 0.717) is 18.0 Å². The number of nitrogens with two attached hydrogens (primary N) is 1. The highest BCUT2D eigenvalue weighted by Crippen LogP contribution is 2.29. The maximum atomic E-state index is 12.7. The van der Waals surface area contributed by atoms with Crippen molar-refractivity contribution in [2.24, 2.45) is 0 Å². The smallest absolute Gasteiger partial charge is 0.279 e. The fourth-order valence-corrected chi connectivity index (χ4v) is 4.10. The monoisotopic (exact) mass is 415 g/mol. The topological polar surface area (TPSA) is 54.9 Å². The van der Waals surface area contributed by atoms with Crippen LogP contribution in [0.2, 0.25) is 0 Å². The van der Waals surface area contributed by atoms with Gasteiger partial charge in [0.15, 0.2) is 12.3 Å². The summed E-state index contributed by atoms with van der Waals surface area (Å²) >= 11 is 1.70. The first-order chi connectivity index (χ1) is 14.8. The van der Waals surface area contributed by atoms with Gasteiger partial charge in [-0.25, -0.2) is 0 Å². The lowest BCUT2D eigenvalue weighted by molar-refractivity contribution is -0.675. The van der Waals surface area contributed by atoms with Crippen LogP contribution >= 0.6 is 11.3 Å². The maximum Gasteiger partial charge on any atom is 0.279 e. The van der Waals surface area contributed by atoms with Crippen molar-refractivity contribution in [3.05, 3.63) is 113 Å². The number of quaternary nitrogens is 1. The summed E-state index contributed by atoms with van der Waals surface area (Å²) in [6.45, 7) is 0.303. The molecule has 0 radical (unpaired) electrons. The molecule has 0 bridgehead atoms. The molecular weight excluding hydrogens is 392 g/mol. The van der Waals surface area contributed by atoms with Crippen molar-refractivity contribution < 1.29 is 14.8 Å². The molecule has 1 aromatic heterocycles. The summed E-state index contributed by atoms with van der Waals surface area (Å²) in [6, 6.07) is 31.5. The SMILES string of the molecule is O=C(C[NH2+][C@@H](c1ccccc1)c1cccs1)Nc1ccccc1Oc1ccccc1. The molecule has 0 aliphatic rings. The number of benzene rings is 3. The molecule has 30 heavy (non-hydrogen) atoms. The van der Waals surface area contributed by atoms with Crippen LogP contribution in [0, 0.1) is 0 Å². The molecule has 1 amide bonds. The standard InChI is InChI=1S/C25H22N2O2S/c28-24(18-26-25(23-16-9-17-30-23)19-10-3-1-4-11-19)27-21-14-7-8-15-22(21)29-20-12-5-2-6-13-20/h1-17,25-26H,18H2,(H,27,28)/p+1/t25-/m0/s1. The van der Waals surface area contributed by atoms with Gasteiger partial charge in [0, 0.05) is 5.56 Å². The predicted molar refractivity (Wildman–Crippen MR) is 121 cm³/mol. The first-order valence-electron chi connectivity index (χ1n) is 9.83. The Bertz CT molecular complexity index is 1070. The molecular formula is C25H23N2O2S+. The Kier molecular flexibility index (Phi) is 6.54. The van der Waals surface area contributed by atoms with Gasteiger partial charge in [0.25, 0.3) is 5.91 Å². The zero-order valence-corrected chi connectivity index (χ0v) is 17.2. The third-order valence-electron chi connectivity index (χ3n) is 4.68. The lowest BCUT2D eigenvalue weighted by Crippen LogP contribution is -2.87. The molecule has 3 N–H and O–H groups in total. The van der Waals surface area contributed by atoms with Crippen LogP contribution in [0.5, 0.6) is 11.5 Å². The van der Waals surface area contributed by atoms with Crippen molar-refractivity contribution in [1.29, 1.82) is 0 Å². The number of carbonyl (C=O) groups excluding carboxylic acids is 1. The van der Waals surface area contributed by atoms with E-state index in [4.69, 9.17) is 4.74 Å². The first-order valence-corrected chi connectivity index (χ1v) is 10.7. The van der Waals surface area contributed by atoms with Crippen molar-refractivity contribution in [3.8, 4) is 11.5 Å². The third kappa shape index (κ3) is 5.14. The molecule has 4 nitrogen and oxygen atoms in total. The van der Waals surface area contributed by atoms with Crippen LogP contribution in [0.25, 0.3) is 0 Å². The number of thiophene rings is 1. The average molecular weight is 416 g/mol. The van der Waals surface area contributed by atoms with Crippen LogP contribution in [0.1, 0.15) is 16.5 Å². The number of amides is 1. The molecule has 0 saturated carbocycles. The fraction of sp³-hybridized carbons (Fsp3) is 0.0800. The summed E-state index contributed by atoms with van der Waals surface area (Å²) in [5.41, 5.74) is 1.84. The number of hydrogen-bond donors (Lipinski definition) is 2. The van der Waals surface area contributed by atoms with Crippen molar-refractivity contribution >= 4 is 22.9 Å². The van der Waals surface area contributed by atoms with Crippen LogP contribution < -0.4 is 15.4 Å². The average Bonchev–Trinajstić information content (AvgIpc) is 3.31. The Hall–Kier alpha value is -3.41. The van der Waals surface area contributed by atoms with E-state index in [1.807, 2.05) is 78.9 Å². The van der Waals surface area contributed by atoms with Gasteiger partial charge in [0.1, 0.15) is 11.8 Å². The molecule has 0 fully saturated rings. The zero-order valence-electron chi connectivity index (χ0n) is 16.4. The van der Waals surface area contributed by atoms with Gasteiger partial charge in [-0.2, -0.15) is 0 Å². The van der Waals surface area contributed by atoms with E-state index in [9.17, 15) is 4.79 Å². The van der Waals surface area contributed by atoms with Crippen LogP contribution in [-0.2, 0) is 4.79 Å². The van der Waals surface area contributed by atoms with E-state index in [1.165, 1.54) is 10.4 Å². The molecule has 0 saturated heterocycles. The van der Waals surface area contributed by atoms with Crippen LogP contribution in [0.3, 0.4) is 0 Å². The highest BCUT2D eigenvalue weighted by Gasteiger charge is 2.20. The number of nitrogens with one attached hydrogen (secondary N) is 1. The first kappa shape index (κ1) is 19.9. The maximum absolute atomic E-state index is 12.7. The highest BCUT2D eigenvalue weighted by atomic mass is 32.1. The van der Waals surface area contributed by atoms with E-state index in [1.54, 1.807) is 11.3 Å². The molecule has 0 spiro atoms. The van der Waals surface area contributed by atoms with E-state index in [2.05, 4.69) is 34.2 Å². The molecule has 150 valence electrons. The molecule has 3 aromatic carbocycles. The number of hydrogen-bond acceptors (Lipinski definition) is 3. The molecule has 4 aromatic rings. The van der Waals surface area contributed by atoms with Gasteiger partial charge in [-0.15, -0.1) is 11.3 Å². The summed E-state index contributed by atoms with van der Waals surface area (Å²) in [5, 5.41) is 7.12. The second-order valence-electron chi connectivity index (χ2n) is 6.80. The lowest BCUT2D eigenvalue weighted by Gasteiger charge is -2.15. The fourth-order valence-electron chi connectivity index (χ4n) is 3.25. The summed E-state index contributed by atoms with van der Waals surface area (Å²) in [5.74, 6) is 1.28. The minimum Gasteiger partial charge on any atom is -0.455 e. The van der Waals surface area contributed by atoms with Crippen molar-refractivity contribution in [2.45, 2.75) is 6.04 Å². The van der Waals surface area contributed by atoms with Crippen LogP contribution in [0.15, 0.2) is 102 Å². The minimum absolute atomic E-state index is 0.0726. The van der Waals surface area contributed by atoms with E-state index >= 15 is 0 Å². The molecule has 1 atom stereocenters. The number of rotatable bonds is 8. The molecule has 0 aliphatic carbocycles. The van der Waals surface area contributed by atoms with Crippen molar-refractivity contribution in [2.75, 3.05) is 11.9 Å². The second kappa shape index (κ2) is 9.87. The van der Waals surface area contributed by atoms with Crippen molar-refractivity contribution in [3.63, 3.8) is 0 Å². The Balaban J connectivity index is 1.43. The van der Waals surface area contributed by atoms with Crippen molar-refractivity contribution in [1.82, 2.24) is 0 Å². The molecule has 5 heteroatoms. The second-order valence-corrected chi connectivity index (χ2v) is 7.78. The van der Waals surface area contributed by atoms with Crippen LogP contribution in [0.4, 0.5) is 5.69 Å². The molecule has 1 heterocycles. The molecule has 0 unspecified atom stereocenters. The highest BCUT2D eigenvalue weighted by molar-refractivity contribution is 7.10. The van der Waals surface area contributed by atoms with Gasteiger partial charge in [-0.1, -0.05) is 66.7 Å². The number of anilines is 1. The Morgan fingerprint density at radius 1 is 0.867 bits per heavy atom. The zero-order chi connectivity index (χ0) is 20.6. The summed E-state index contributed by atoms with van der Waals surface area (Å²) < 4.78 is 5.94. The van der Waals surface area contributed by atoms with E-state index in [0.717, 1.165) is 5.75 Å². The Morgan fingerprint density at radius 2 is 1.57 bits per heavy atom. The summed E-state index contributed by atoms with van der Waals surface area (Å²) in [6.07, 6.45) is 0. The predicted octanol–water partition coefficient (Wildman–Crippen LogP) is 4.83. The van der Waals surface area contributed by atoms with Gasteiger partial charge in [0.2, 0.25) is 0 Å².